The molecule has 0 aromatic heterocycles. The summed E-state index contributed by atoms with van der Waals surface area (Å²) in [5, 5.41) is 6.46. The molecule has 27 heavy (non-hydrogen) atoms. The summed E-state index contributed by atoms with van der Waals surface area (Å²) in [6, 6.07) is 13.2. The van der Waals surface area contributed by atoms with Gasteiger partial charge in [-0.2, -0.15) is 5.10 Å². The van der Waals surface area contributed by atoms with Gasteiger partial charge in [-0.1, -0.05) is 0 Å². The summed E-state index contributed by atoms with van der Waals surface area (Å²) in [7, 11) is 5.01. The van der Waals surface area contributed by atoms with Crippen molar-refractivity contribution in [1.29, 1.82) is 0 Å². The first-order valence-corrected chi connectivity index (χ1v) is 8.90. The molecule has 0 N–H and O–H groups in total. The van der Waals surface area contributed by atoms with E-state index in [1.165, 1.54) is 0 Å². The van der Waals surface area contributed by atoms with Gasteiger partial charge in [0.05, 0.1) is 19.9 Å². The number of ether oxygens (including phenoxy) is 2. The predicted molar refractivity (Wildman–Crippen MR) is 107 cm³/mol. The van der Waals surface area contributed by atoms with Crippen molar-refractivity contribution in [2.24, 2.45) is 5.10 Å². The fraction of sp³-hybridized carbons (Fsp3) is 0.333. The molecule has 0 unspecified atom stereocenters. The predicted octanol–water partition coefficient (Wildman–Crippen LogP) is 3.56. The standard InChI is InChI=1S/C21H25N3O3/c1-15-11-12-24(22-15)18-8-5-16(6-9-18)21(25)23(2)14-17-7-10-19(26-3)13-20(17)27-4/h5-10,13H,11-12,14H2,1-4H3. The fourth-order valence-electron chi connectivity index (χ4n) is 3.07. The molecule has 0 spiro atoms. The summed E-state index contributed by atoms with van der Waals surface area (Å²) >= 11 is 0. The Labute approximate surface area is 160 Å². The second-order valence-electron chi connectivity index (χ2n) is 6.59. The summed E-state index contributed by atoms with van der Waals surface area (Å²) in [5.41, 5.74) is 3.70. The van der Waals surface area contributed by atoms with E-state index in [-0.39, 0.29) is 5.91 Å². The molecule has 2 aromatic rings. The Morgan fingerprint density at radius 1 is 1.15 bits per heavy atom. The Bertz CT molecular complexity index is 846. The van der Waals surface area contributed by atoms with E-state index in [1.54, 1.807) is 26.2 Å². The maximum absolute atomic E-state index is 12.8. The lowest BCUT2D eigenvalue weighted by Gasteiger charge is -2.20. The minimum absolute atomic E-state index is 0.0412. The van der Waals surface area contributed by atoms with Crippen LogP contribution in [0.5, 0.6) is 11.5 Å². The van der Waals surface area contributed by atoms with Gasteiger partial charge >= 0.3 is 0 Å². The monoisotopic (exact) mass is 367 g/mol. The second-order valence-corrected chi connectivity index (χ2v) is 6.59. The fourth-order valence-corrected chi connectivity index (χ4v) is 3.07. The zero-order valence-corrected chi connectivity index (χ0v) is 16.2. The first kappa shape index (κ1) is 18.8. The van der Waals surface area contributed by atoms with Crippen LogP contribution >= 0.6 is 0 Å². The molecule has 6 heteroatoms. The van der Waals surface area contributed by atoms with Crippen molar-refractivity contribution in [3.8, 4) is 11.5 Å². The minimum atomic E-state index is -0.0412. The van der Waals surface area contributed by atoms with E-state index in [0.29, 0.717) is 17.9 Å². The molecule has 0 fully saturated rings. The number of nitrogens with zero attached hydrogens (tertiary/aromatic N) is 3. The van der Waals surface area contributed by atoms with Crippen molar-refractivity contribution >= 4 is 17.3 Å². The molecule has 1 amide bonds. The van der Waals surface area contributed by atoms with Crippen molar-refractivity contribution in [3.63, 3.8) is 0 Å². The molecule has 0 atom stereocenters. The Morgan fingerprint density at radius 3 is 2.48 bits per heavy atom. The normalized spacial score (nSPS) is 13.3. The van der Waals surface area contributed by atoms with Crippen molar-refractivity contribution in [1.82, 2.24) is 4.90 Å². The maximum Gasteiger partial charge on any atom is 0.253 e. The SMILES string of the molecule is COc1ccc(CN(C)C(=O)c2ccc(N3CCC(C)=N3)cc2)c(OC)c1. The van der Waals surface area contributed by atoms with Crippen LogP contribution < -0.4 is 14.5 Å². The van der Waals surface area contributed by atoms with Gasteiger partial charge in [0.1, 0.15) is 11.5 Å². The van der Waals surface area contributed by atoms with Gasteiger partial charge in [-0.25, -0.2) is 0 Å². The topological polar surface area (TPSA) is 54.4 Å². The third-order valence-electron chi connectivity index (χ3n) is 4.64. The highest BCUT2D eigenvalue weighted by Crippen LogP contribution is 2.26. The smallest absolute Gasteiger partial charge is 0.253 e. The molecular formula is C21H25N3O3. The lowest BCUT2D eigenvalue weighted by Crippen LogP contribution is -2.26. The number of rotatable bonds is 6. The van der Waals surface area contributed by atoms with Gasteiger partial charge < -0.3 is 14.4 Å². The molecule has 0 saturated carbocycles. The van der Waals surface area contributed by atoms with Crippen molar-refractivity contribution in [3.05, 3.63) is 53.6 Å². The molecule has 3 rings (SSSR count). The number of hydrazone groups is 1. The number of carbonyl (C=O) groups is 1. The molecule has 1 heterocycles. The number of amides is 1. The Kier molecular flexibility index (Phi) is 5.64. The average Bonchev–Trinajstić information content (AvgIpc) is 3.14. The van der Waals surface area contributed by atoms with E-state index in [4.69, 9.17) is 9.47 Å². The third-order valence-corrected chi connectivity index (χ3v) is 4.64. The lowest BCUT2D eigenvalue weighted by molar-refractivity contribution is 0.0784. The van der Waals surface area contributed by atoms with Gasteiger partial charge in [0.2, 0.25) is 0 Å². The van der Waals surface area contributed by atoms with Crippen LogP contribution in [0.25, 0.3) is 0 Å². The highest BCUT2D eigenvalue weighted by molar-refractivity contribution is 5.94. The van der Waals surface area contributed by atoms with Gasteiger partial charge in [-0.3, -0.25) is 9.80 Å². The lowest BCUT2D eigenvalue weighted by atomic mass is 10.1. The summed E-state index contributed by atoms with van der Waals surface area (Å²) < 4.78 is 10.6. The maximum atomic E-state index is 12.8. The van der Waals surface area contributed by atoms with Crippen LogP contribution in [-0.2, 0) is 6.54 Å². The quantitative estimate of drug-likeness (QED) is 0.783. The summed E-state index contributed by atoms with van der Waals surface area (Å²) in [6.07, 6.45) is 0.979. The first-order chi connectivity index (χ1) is 13.0. The molecule has 6 nitrogen and oxygen atoms in total. The van der Waals surface area contributed by atoms with E-state index in [0.717, 1.165) is 35.7 Å². The van der Waals surface area contributed by atoms with Crippen LogP contribution in [0.3, 0.4) is 0 Å². The van der Waals surface area contributed by atoms with Crippen LogP contribution in [0.2, 0.25) is 0 Å². The number of anilines is 1. The number of methoxy groups -OCH3 is 2. The van der Waals surface area contributed by atoms with Crippen LogP contribution in [0.1, 0.15) is 29.3 Å². The third kappa shape index (κ3) is 4.22. The van der Waals surface area contributed by atoms with E-state index in [9.17, 15) is 4.79 Å². The zero-order valence-electron chi connectivity index (χ0n) is 16.2. The minimum Gasteiger partial charge on any atom is -0.497 e. The van der Waals surface area contributed by atoms with Crippen LogP contribution in [0.4, 0.5) is 5.69 Å². The largest absolute Gasteiger partial charge is 0.497 e. The zero-order chi connectivity index (χ0) is 19.4. The molecule has 0 radical (unpaired) electrons. The number of carbonyl (C=O) groups excluding carboxylic acids is 1. The molecule has 142 valence electrons. The Balaban J connectivity index is 1.70. The summed E-state index contributed by atoms with van der Waals surface area (Å²) in [6.45, 7) is 3.36. The van der Waals surface area contributed by atoms with E-state index in [2.05, 4.69) is 5.10 Å². The molecule has 0 bridgehead atoms. The number of benzene rings is 2. The van der Waals surface area contributed by atoms with Crippen molar-refractivity contribution < 1.29 is 14.3 Å². The van der Waals surface area contributed by atoms with Crippen LogP contribution in [-0.4, -0.2) is 44.3 Å². The summed E-state index contributed by atoms with van der Waals surface area (Å²) in [4.78, 5) is 14.5. The van der Waals surface area contributed by atoms with Gasteiger partial charge in [0.15, 0.2) is 0 Å². The van der Waals surface area contributed by atoms with E-state index in [1.807, 2.05) is 54.4 Å². The van der Waals surface area contributed by atoms with Gasteiger partial charge in [0, 0.05) is 49.5 Å². The number of hydrogen-bond donors (Lipinski definition) is 0. The van der Waals surface area contributed by atoms with Crippen molar-refractivity contribution in [2.75, 3.05) is 32.8 Å². The second kappa shape index (κ2) is 8.12. The Hall–Kier alpha value is -3.02. The molecule has 1 aliphatic heterocycles. The molecule has 0 aliphatic carbocycles. The van der Waals surface area contributed by atoms with Crippen molar-refractivity contribution in [2.45, 2.75) is 19.9 Å². The number of hydrogen-bond acceptors (Lipinski definition) is 5. The van der Waals surface area contributed by atoms with Crippen LogP contribution in [0.15, 0.2) is 47.6 Å². The van der Waals surface area contributed by atoms with Gasteiger partial charge in [-0.05, 0) is 43.3 Å². The molecule has 2 aromatic carbocycles. The van der Waals surface area contributed by atoms with Crippen LogP contribution in [0, 0.1) is 0 Å². The summed E-state index contributed by atoms with van der Waals surface area (Å²) in [5.74, 6) is 1.38. The van der Waals surface area contributed by atoms with Gasteiger partial charge in [0.25, 0.3) is 5.91 Å². The van der Waals surface area contributed by atoms with Gasteiger partial charge in [-0.15, -0.1) is 0 Å². The molecular weight excluding hydrogens is 342 g/mol. The van der Waals surface area contributed by atoms with E-state index >= 15 is 0 Å². The Morgan fingerprint density at radius 2 is 1.89 bits per heavy atom. The molecule has 1 aliphatic rings. The highest BCUT2D eigenvalue weighted by Gasteiger charge is 2.17. The average molecular weight is 367 g/mol. The highest BCUT2D eigenvalue weighted by atomic mass is 16.5. The van der Waals surface area contributed by atoms with E-state index < -0.39 is 0 Å². The molecule has 0 saturated heterocycles. The first-order valence-electron chi connectivity index (χ1n) is 8.90.